The summed E-state index contributed by atoms with van der Waals surface area (Å²) >= 11 is 0. The molecular formula is C26H28N2O3S. The van der Waals surface area contributed by atoms with Crippen molar-refractivity contribution in [3.8, 4) is 0 Å². The van der Waals surface area contributed by atoms with Crippen molar-refractivity contribution in [2.75, 3.05) is 18.4 Å². The maximum absolute atomic E-state index is 13.3. The second-order valence-corrected chi connectivity index (χ2v) is 10.8. The van der Waals surface area contributed by atoms with E-state index in [1.807, 2.05) is 18.2 Å². The molecule has 0 atom stereocenters. The molecule has 0 bridgehead atoms. The summed E-state index contributed by atoms with van der Waals surface area (Å²) in [6.07, 6.45) is 5.93. The molecule has 1 N–H and O–H groups in total. The van der Waals surface area contributed by atoms with E-state index in [2.05, 4.69) is 17.4 Å². The monoisotopic (exact) mass is 448 g/mol. The summed E-state index contributed by atoms with van der Waals surface area (Å²) in [7, 11) is -3.63. The molecule has 0 radical (unpaired) electrons. The molecule has 0 spiro atoms. The lowest BCUT2D eigenvalue weighted by Crippen LogP contribution is -2.32. The van der Waals surface area contributed by atoms with Crippen LogP contribution in [0.15, 0.2) is 53.4 Å². The number of nitrogens with one attached hydrogen (secondary N) is 1. The molecule has 1 heterocycles. The van der Waals surface area contributed by atoms with Crippen molar-refractivity contribution in [3.63, 3.8) is 0 Å². The molecule has 5 rings (SSSR count). The van der Waals surface area contributed by atoms with E-state index in [-0.39, 0.29) is 10.8 Å². The smallest absolute Gasteiger partial charge is 0.255 e. The number of amides is 1. The zero-order valence-electron chi connectivity index (χ0n) is 18.4. The van der Waals surface area contributed by atoms with Crippen molar-refractivity contribution in [1.82, 2.24) is 4.31 Å². The van der Waals surface area contributed by atoms with E-state index in [4.69, 9.17) is 0 Å². The highest BCUT2D eigenvalue weighted by Crippen LogP contribution is 2.35. The van der Waals surface area contributed by atoms with Gasteiger partial charge in [0.2, 0.25) is 10.0 Å². The molecule has 32 heavy (non-hydrogen) atoms. The van der Waals surface area contributed by atoms with Crippen LogP contribution in [0, 0.1) is 6.92 Å². The number of hydrogen-bond donors (Lipinski definition) is 1. The van der Waals surface area contributed by atoms with Crippen molar-refractivity contribution in [2.24, 2.45) is 0 Å². The summed E-state index contributed by atoms with van der Waals surface area (Å²) in [6.45, 7) is 2.87. The topological polar surface area (TPSA) is 66.5 Å². The fraction of sp³-hybridized carbons (Fsp3) is 0.346. The van der Waals surface area contributed by atoms with Crippen LogP contribution in [-0.2, 0) is 22.9 Å². The van der Waals surface area contributed by atoms with E-state index in [9.17, 15) is 13.2 Å². The van der Waals surface area contributed by atoms with Gasteiger partial charge in [-0.2, -0.15) is 4.31 Å². The van der Waals surface area contributed by atoms with Crippen LogP contribution in [0.2, 0.25) is 0 Å². The quantitative estimate of drug-likeness (QED) is 0.606. The Bertz CT molecular complexity index is 1300. The molecule has 1 amide bonds. The van der Waals surface area contributed by atoms with Gasteiger partial charge in [0.15, 0.2) is 0 Å². The van der Waals surface area contributed by atoms with Gasteiger partial charge in [-0.05, 0) is 72.9 Å². The van der Waals surface area contributed by atoms with Crippen LogP contribution >= 0.6 is 0 Å². The Morgan fingerprint density at radius 2 is 1.62 bits per heavy atom. The first kappa shape index (κ1) is 21.2. The Labute approximate surface area is 189 Å². The van der Waals surface area contributed by atoms with E-state index < -0.39 is 10.0 Å². The number of sulfonamides is 1. The largest absolute Gasteiger partial charge is 0.321 e. The minimum absolute atomic E-state index is 0.229. The molecule has 1 saturated heterocycles. The molecule has 166 valence electrons. The third kappa shape index (κ3) is 3.71. The average molecular weight is 449 g/mol. The predicted octanol–water partition coefficient (Wildman–Crippen LogP) is 5.06. The number of carbonyl (C=O) groups is 1. The summed E-state index contributed by atoms with van der Waals surface area (Å²) < 4.78 is 28.3. The van der Waals surface area contributed by atoms with Crippen LogP contribution in [0.3, 0.4) is 0 Å². The van der Waals surface area contributed by atoms with Crippen molar-refractivity contribution in [2.45, 2.75) is 50.3 Å². The third-order valence-electron chi connectivity index (χ3n) is 6.76. The maximum atomic E-state index is 13.3. The SMILES string of the molecule is Cc1ccc(C(=O)Nc2ccc3c4c(cccc24)CC3)cc1S(=O)(=O)N1CCCCCC1. The lowest BCUT2D eigenvalue weighted by atomic mass is 10.0. The maximum Gasteiger partial charge on any atom is 0.255 e. The highest BCUT2D eigenvalue weighted by molar-refractivity contribution is 7.89. The predicted molar refractivity (Wildman–Crippen MR) is 128 cm³/mol. The number of rotatable bonds is 4. The van der Waals surface area contributed by atoms with Gasteiger partial charge < -0.3 is 5.32 Å². The van der Waals surface area contributed by atoms with Crippen LogP contribution in [-0.4, -0.2) is 31.7 Å². The standard InChI is InChI=1S/C26H28N2O3S/c1-18-9-10-21(17-24(18)32(30,31)28-15-4-2-3-5-16-28)26(29)27-23-14-13-20-12-11-19-7-6-8-22(23)25(19)20/h6-10,13-14,17H,2-5,11-12,15-16H2,1H3,(H,27,29). The van der Waals surface area contributed by atoms with Gasteiger partial charge in [-0.1, -0.05) is 43.2 Å². The zero-order valence-corrected chi connectivity index (χ0v) is 19.2. The van der Waals surface area contributed by atoms with Crippen LogP contribution in [0.1, 0.15) is 52.7 Å². The highest BCUT2D eigenvalue weighted by atomic mass is 32.2. The molecule has 3 aromatic carbocycles. The van der Waals surface area contributed by atoms with Gasteiger partial charge >= 0.3 is 0 Å². The number of anilines is 1. The zero-order chi connectivity index (χ0) is 22.3. The molecule has 0 aromatic heterocycles. The summed E-state index contributed by atoms with van der Waals surface area (Å²) in [5.41, 5.74) is 4.41. The fourth-order valence-corrected chi connectivity index (χ4v) is 6.76. The Hall–Kier alpha value is -2.70. The van der Waals surface area contributed by atoms with Crippen LogP contribution < -0.4 is 5.32 Å². The van der Waals surface area contributed by atoms with E-state index in [0.717, 1.165) is 49.6 Å². The second kappa shape index (κ2) is 8.34. The molecule has 1 aliphatic heterocycles. The van der Waals surface area contributed by atoms with Gasteiger partial charge in [0.1, 0.15) is 0 Å². The van der Waals surface area contributed by atoms with Crippen LogP contribution in [0.4, 0.5) is 5.69 Å². The number of aryl methyl sites for hydroxylation is 3. The molecule has 0 saturated carbocycles. The first-order chi connectivity index (χ1) is 15.4. The van der Waals surface area contributed by atoms with E-state index in [1.165, 1.54) is 22.6 Å². The molecule has 1 fully saturated rings. The third-order valence-corrected chi connectivity index (χ3v) is 8.80. The van der Waals surface area contributed by atoms with Crippen LogP contribution in [0.5, 0.6) is 0 Å². The summed E-state index contributed by atoms with van der Waals surface area (Å²) in [5.74, 6) is -0.295. The normalized spacial score (nSPS) is 16.8. The molecular weight excluding hydrogens is 420 g/mol. The minimum Gasteiger partial charge on any atom is -0.321 e. The summed E-state index contributed by atoms with van der Waals surface area (Å²) in [6, 6.07) is 15.2. The second-order valence-electron chi connectivity index (χ2n) is 8.86. The molecule has 2 aliphatic rings. The number of carbonyl (C=O) groups excluding carboxylic acids is 1. The Morgan fingerprint density at radius 3 is 2.38 bits per heavy atom. The first-order valence-electron chi connectivity index (χ1n) is 11.4. The number of nitrogens with zero attached hydrogens (tertiary/aromatic N) is 1. The van der Waals surface area contributed by atoms with Crippen molar-refractivity contribution in [3.05, 3.63) is 70.8 Å². The average Bonchev–Trinajstić information content (AvgIpc) is 3.01. The lowest BCUT2D eigenvalue weighted by Gasteiger charge is -2.21. The molecule has 6 heteroatoms. The van der Waals surface area contributed by atoms with Gasteiger partial charge in [-0.3, -0.25) is 4.79 Å². The summed E-state index contributed by atoms with van der Waals surface area (Å²) in [4.78, 5) is 13.4. The Balaban J connectivity index is 1.46. The van der Waals surface area contributed by atoms with E-state index in [1.54, 1.807) is 23.4 Å². The van der Waals surface area contributed by atoms with Gasteiger partial charge in [0.05, 0.1) is 4.90 Å². The van der Waals surface area contributed by atoms with Crippen molar-refractivity contribution in [1.29, 1.82) is 0 Å². The van der Waals surface area contributed by atoms with E-state index in [0.29, 0.717) is 24.2 Å². The van der Waals surface area contributed by atoms with Gasteiger partial charge in [0, 0.05) is 29.7 Å². The van der Waals surface area contributed by atoms with E-state index >= 15 is 0 Å². The Kier molecular flexibility index (Phi) is 5.51. The number of benzene rings is 3. The highest BCUT2D eigenvalue weighted by Gasteiger charge is 2.27. The van der Waals surface area contributed by atoms with Gasteiger partial charge in [0.25, 0.3) is 5.91 Å². The van der Waals surface area contributed by atoms with Gasteiger partial charge in [-0.15, -0.1) is 0 Å². The van der Waals surface area contributed by atoms with Crippen molar-refractivity contribution < 1.29 is 13.2 Å². The first-order valence-corrected chi connectivity index (χ1v) is 12.8. The number of hydrogen-bond acceptors (Lipinski definition) is 3. The van der Waals surface area contributed by atoms with Crippen molar-refractivity contribution >= 4 is 32.4 Å². The van der Waals surface area contributed by atoms with Crippen LogP contribution in [0.25, 0.3) is 10.8 Å². The molecule has 3 aromatic rings. The fourth-order valence-electron chi connectivity index (χ4n) is 4.99. The van der Waals surface area contributed by atoms with Gasteiger partial charge in [-0.25, -0.2) is 8.42 Å². The Morgan fingerprint density at radius 1 is 0.906 bits per heavy atom. The molecule has 5 nitrogen and oxygen atoms in total. The minimum atomic E-state index is -3.63. The lowest BCUT2D eigenvalue weighted by molar-refractivity contribution is 0.102. The summed E-state index contributed by atoms with van der Waals surface area (Å²) in [5, 5.41) is 5.30. The molecule has 1 aliphatic carbocycles. The molecule has 0 unspecified atom stereocenters.